The van der Waals surface area contributed by atoms with Crippen molar-refractivity contribution in [3.63, 3.8) is 0 Å². The number of fused-ring (bicyclic) bond motifs is 1. The normalized spacial score (nSPS) is 18.5. The van der Waals surface area contributed by atoms with E-state index in [1.165, 1.54) is 12.4 Å². The molecule has 3 aromatic rings. The molecule has 0 aliphatic carbocycles. The van der Waals surface area contributed by atoms with Gasteiger partial charge >= 0.3 is 12.3 Å². The second kappa shape index (κ2) is 9.51. The minimum absolute atomic E-state index is 0.200. The number of aromatic amines is 1. The van der Waals surface area contributed by atoms with Gasteiger partial charge < -0.3 is 25.3 Å². The van der Waals surface area contributed by atoms with Crippen molar-refractivity contribution in [1.82, 2.24) is 20.3 Å². The predicted molar refractivity (Wildman–Crippen MR) is 132 cm³/mol. The molecular weight excluding hydrogens is 473 g/mol. The van der Waals surface area contributed by atoms with Gasteiger partial charge in [-0.3, -0.25) is 0 Å². The molecule has 4 rings (SSSR count). The van der Waals surface area contributed by atoms with Crippen LogP contribution >= 0.6 is 0 Å². The van der Waals surface area contributed by atoms with Crippen molar-refractivity contribution in [2.45, 2.75) is 57.9 Å². The number of H-pyrrole nitrogens is 1. The molecule has 2 aromatic heterocycles. The zero-order chi connectivity index (χ0) is 26.1. The van der Waals surface area contributed by atoms with Gasteiger partial charge in [-0.25, -0.2) is 14.8 Å². The summed E-state index contributed by atoms with van der Waals surface area (Å²) in [6, 6.07) is 5.02. The fourth-order valence-corrected chi connectivity index (χ4v) is 4.47. The third-order valence-electron chi connectivity index (χ3n) is 6.15. The molecular formula is C25H31F3N6O2. The van der Waals surface area contributed by atoms with Gasteiger partial charge in [0.1, 0.15) is 23.4 Å². The van der Waals surface area contributed by atoms with Crippen LogP contribution in [0.4, 0.5) is 29.5 Å². The van der Waals surface area contributed by atoms with Crippen molar-refractivity contribution in [3.8, 4) is 0 Å². The first-order valence-electron chi connectivity index (χ1n) is 11.9. The maximum atomic E-state index is 13.2. The number of nitrogens with zero attached hydrogens (tertiary/aromatic N) is 3. The number of alkyl halides is 3. The Morgan fingerprint density at radius 3 is 2.72 bits per heavy atom. The molecule has 11 heteroatoms. The lowest BCUT2D eigenvalue weighted by molar-refractivity contribution is -0.137. The average molecular weight is 505 g/mol. The monoisotopic (exact) mass is 504 g/mol. The van der Waals surface area contributed by atoms with Crippen LogP contribution in [-0.4, -0.2) is 51.8 Å². The van der Waals surface area contributed by atoms with Crippen LogP contribution in [0.15, 0.2) is 36.8 Å². The van der Waals surface area contributed by atoms with Crippen molar-refractivity contribution >= 4 is 28.6 Å². The van der Waals surface area contributed by atoms with E-state index in [2.05, 4.69) is 37.4 Å². The SMILES string of the molecule is CCc1c[nH]c2ncnc(N3CCC(CNc4cccc(C(F)(F)F)c4)(NC(=O)OC(C)(C)C)C3)c12. The standard InChI is InChI=1S/C25H31F3N6O2/c1-5-16-12-29-20-19(16)21(32-15-31-20)34-10-9-24(14-34,33-22(35)36-23(2,3)4)13-30-18-8-6-7-17(11-18)25(26,27)28/h6-8,11-12,15,30H,5,9-10,13-14H2,1-4H3,(H,33,35)(H,29,31,32). The van der Waals surface area contributed by atoms with Crippen LogP contribution < -0.4 is 15.5 Å². The Labute approximate surface area is 207 Å². The van der Waals surface area contributed by atoms with E-state index in [1.54, 1.807) is 26.8 Å². The summed E-state index contributed by atoms with van der Waals surface area (Å²) >= 11 is 0. The van der Waals surface area contributed by atoms with Gasteiger partial charge in [-0.2, -0.15) is 13.2 Å². The molecule has 1 amide bonds. The number of aromatic nitrogens is 3. The number of anilines is 2. The molecule has 0 saturated carbocycles. The van der Waals surface area contributed by atoms with Gasteiger partial charge in [-0.15, -0.1) is 0 Å². The van der Waals surface area contributed by atoms with Crippen LogP contribution in [0.3, 0.4) is 0 Å². The second-order valence-corrected chi connectivity index (χ2v) is 10.1. The fraction of sp³-hybridized carbons (Fsp3) is 0.480. The van der Waals surface area contributed by atoms with Gasteiger partial charge in [0.25, 0.3) is 0 Å². The number of rotatable bonds is 6. The summed E-state index contributed by atoms with van der Waals surface area (Å²) in [7, 11) is 0. The summed E-state index contributed by atoms with van der Waals surface area (Å²) in [5.41, 5.74) is -0.111. The van der Waals surface area contributed by atoms with E-state index in [1.807, 2.05) is 6.20 Å². The number of benzene rings is 1. The first-order chi connectivity index (χ1) is 16.9. The summed E-state index contributed by atoms with van der Waals surface area (Å²) in [4.78, 5) is 26.9. The first kappa shape index (κ1) is 25.6. The molecule has 1 aliphatic heterocycles. The van der Waals surface area contributed by atoms with E-state index in [0.29, 0.717) is 25.2 Å². The minimum atomic E-state index is -4.44. The second-order valence-electron chi connectivity index (χ2n) is 10.1. The van der Waals surface area contributed by atoms with Crippen molar-refractivity contribution in [3.05, 3.63) is 47.9 Å². The zero-order valence-corrected chi connectivity index (χ0v) is 20.8. The van der Waals surface area contributed by atoms with Crippen molar-refractivity contribution in [1.29, 1.82) is 0 Å². The number of hydrogen-bond acceptors (Lipinski definition) is 6. The molecule has 0 spiro atoms. The molecule has 1 aromatic carbocycles. The number of ether oxygens (including phenoxy) is 1. The number of carbonyl (C=O) groups excluding carboxylic acids is 1. The average Bonchev–Trinajstić information content (AvgIpc) is 3.40. The van der Waals surface area contributed by atoms with E-state index >= 15 is 0 Å². The quantitative estimate of drug-likeness (QED) is 0.431. The number of halogens is 3. The van der Waals surface area contributed by atoms with E-state index in [4.69, 9.17) is 4.74 Å². The van der Waals surface area contributed by atoms with Crippen molar-refractivity contribution in [2.24, 2.45) is 0 Å². The Kier molecular flexibility index (Phi) is 6.76. The molecule has 0 bridgehead atoms. The summed E-state index contributed by atoms with van der Waals surface area (Å²) in [5.74, 6) is 0.755. The van der Waals surface area contributed by atoms with Gasteiger partial charge in [0.2, 0.25) is 0 Å². The third kappa shape index (κ3) is 5.66. The highest BCUT2D eigenvalue weighted by Gasteiger charge is 2.42. The summed E-state index contributed by atoms with van der Waals surface area (Å²) in [5, 5.41) is 7.02. The van der Waals surface area contributed by atoms with Gasteiger partial charge in [0.05, 0.1) is 16.5 Å². The lowest BCUT2D eigenvalue weighted by atomic mass is 9.98. The number of carbonyl (C=O) groups is 1. The molecule has 8 nitrogen and oxygen atoms in total. The van der Waals surface area contributed by atoms with Crippen LogP contribution in [0.2, 0.25) is 0 Å². The van der Waals surface area contributed by atoms with Crippen LogP contribution in [0.5, 0.6) is 0 Å². The molecule has 194 valence electrons. The van der Waals surface area contributed by atoms with E-state index < -0.39 is 29.0 Å². The van der Waals surface area contributed by atoms with Gasteiger partial charge in [0.15, 0.2) is 0 Å². The zero-order valence-electron chi connectivity index (χ0n) is 20.8. The van der Waals surface area contributed by atoms with Gasteiger partial charge in [-0.1, -0.05) is 13.0 Å². The third-order valence-corrected chi connectivity index (χ3v) is 6.15. The fourth-order valence-electron chi connectivity index (χ4n) is 4.47. The molecule has 0 radical (unpaired) electrons. The minimum Gasteiger partial charge on any atom is -0.444 e. The molecule has 1 aliphatic rings. The summed E-state index contributed by atoms with van der Waals surface area (Å²) in [6.45, 7) is 8.55. The lowest BCUT2D eigenvalue weighted by Gasteiger charge is -2.32. The van der Waals surface area contributed by atoms with Crippen LogP contribution in [0.25, 0.3) is 11.0 Å². The lowest BCUT2D eigenvalue weighted by Crippen LogP contribution is -2.56. The molecule has 36 heavy (non-hydrogen) atoms. The smallest absolute Gasteiger partial charge is 0.416 e. The molecule has 1 saturated heterocycles. The van der Waals surface area contributed by atoms with E-state index in [0.717, 1.165) is 41.0 Å². The number of amides is 1. The Morgan fingerprint density at radius 1 is 1.25 bits per heavy atom. The number of alkyl carbamates (subject to hydrolysis) is 1. The van der Waals surface area contributed by atoms with E-state index in [-0.39, 0.29) is 6.54 Å². The van der Waals surface area contributed by atoms with Gasteiger partial charge in [0, 0.05) is 31.5 Å². The van der Waals surface area contributed by atoms with Crippen LogP contribution in [0, 0.1) is 0 Å². The summed E-state index contributed by atoms with van der Waals surface area (Å²) < 4.78 is 45.1. The highest BCUT2D eigenvalue weighted by molar-refractivity contribution is 5.91. The topological polar surface area (TPSA) is 95.2 Å². The predicted octanol–water partition coefficient (Wildman–Crippen LogP) is 5.12. The Bertz CT molecular complexity index is 1240. The van der Waals surface area contributed by atoms with Crippen LogP contribution in [0.1, 0.15) is 45.2 Å². The molecule has 1 atom stereocenters. The molecule has 1 fully saturated rings. The molecule has 3 heterocycles. The molecule has 3 N–H and O–H groups in total. The Balaban J connectivity index is 1.60. The number of hydrogen-bond donors (Lipinski definition) is 3. The Morgan fingerprint density at radius 2 is 2.03 bits per heavy atom. The number of aryl methyl sites for hydroxylation is 1. The van der Waals surface area contributed by atoms with Crippen molar-refractivity contribution in [2.75, 3.05) is 29.9 Å². The first-order valence-corrected chi connectivity index (χ1v) is 11.9. The largest absolute Gasteiger partial charge is 0.444 e. The highest BCUT2D eigenvalue weighted by atomic mass is 19.4. The number of nitrogens with one attached hydrogen (secondary N) is 3. The van der Waals surface area contributed by atoms with Crippen molar-refractivity contribution < 1.29 is 22.7 Å². The maximum absolute atomic E-state index is 13.2. The van der Waals surface area contributed by atoms with Crippen LogP contribution in [-0.2, 0) is 17.3 Å². The maximum Gasteiger partial charge on any atom is 0.416 e. The van der Waals surface area contributed by atoms with E-state index in [9.17, 15) is 18.0 Å². The summed E-state index contributed by atoms with van der Waals surface area (Å²) in [6.07, 6.45) is -0.280. The molecule has 1 unspecified atom stereocenters. The van der Waals surface area contributed by atoms with Gasteiger partial charge in [-0.05, 0) is 57.4 Å². The highest BCUT2D eigenvalue weighted by Crippen LogP contribution is 2.34. The Hall–Kier alpha value is -3.50.